The van der Waals surface area contributed by atoms with Crippen LogP contribution in [0.5, 0.6) is 5.75 Å². The van der Waals surface area contributed by atoms with Crippen molar-refractivity contribution in [1.82, 2.24) is 9.38 Å². The van der Waals surface area contributed by atoms with Crippen molar-refractivity contribution >= 4 is 27.5 Å². The largest absolute Gasteiger partial charge is 0.482 e. The maximum Gasteiger partial charge on any atom is 0.344 e. The van der Waals surface area contributed by atoms with Crippen LogP contribution >= 0.6 is 15.9 Å². The zero-order chi connectivity index (χ0) is 17.8. The highest BCUT2D eigenvalue weighted by Gasteiger charge is 2.08. The van der Waals surface area contributed by atoms with Crippen LogP contribution in [0.2, 0.25) is 0 Å². The molecule has 0 saturated carbocycles. The average Bonchev–Trinajstić information content (AvgIpc) is 2.58. The Kier molecular flexibility index (Phi) is 5.14. The predicted molar refractivity (Wildman–Crippen MR) is 95.6 cm³/mol. The molecule has 3 rings (SSSR count). The summed E-state index contributed by atoms with van der Waals surface area (Å²) in [6.45, 7) is 1.53. The number of pyridine rings is 1. The minimum atomic E-state index is -0.536. The van der Waals surface area contributed by atoms with Crippen molar-refractivity contribution in [3.05, 3.63) is 74.7 Å². The van der Waals surface area contributed by atoms with Gasteiger partial charge in [-0.25, -0.2) is 9.78 Å². The third-order valence-corrected chi connectivity index (χ3v) is 3.96. The van der Waals surface area contributed by atoms with Crippen molar-refractivity contribution in [3.63, 3.8) is 0 Å². The summed E-state index contributed by atoms with van der Waals surface area (Å²) in [6.07, 6.45) is 0. The first-order chi connectivity index (χ1) is 12.0. The molecule has 0 aliphatic rings. The summed E-state index contributed by atoms with van der Waals surface area (Å²) in [4.78, 5) is 28.3. The summed E-state index contributed by atoms with van der Waals surface area (Å²) in [6, 6.07) is 13.9. The second-order valence-corrected chi connectivity index (χ2v) is 6.27. The summed E-state index contributed by atoms with van der Waals surface area (Å²) < 4.78 is 12.8. The molecule has 0 aliphatic heterocycles. The number of benzene rings is 1. The van der Waals surface area contributed by atoms with Gasteiger partial charge in [-0.05, 0) is 37.3 Å². The van der Waals surface area contributed by atoms with Gasteiger partial charge < -0.3 is 9.47 Å². The van der Waals surface area contributed by atoms with Crippen molar-refractivity contribution in [3.8, 4) is 5.75 Å². The van der Waals surface area contributed by atoms with Crippen LogP contribution in [0, 0.1) is 6.92 Å². The molecule has 25 heavy (non-hydrogen) atoms. The van der Waals surface area contributed by atoms with E-state index in [1.807, 2.05) is 25.1 Å². The molecule has 2 aromatic heterocycles. The molecule has 6 nitrogen and oxygen atoms in total. The quantitative estimate of drug-likeness (QED) is 0.613. The number of rotatable bonds is 5. The van der Waals surface area contributed by atoms with E-state index in [1.165, 1.54) is 10.5 Å². The molecule has 0 bridgehead atoms. The number of hydrogen-bond donors (Lipinski definition) is 0. The number of aryl methyl sites for hydroxylation is 1. The number of hydrogen-bond acceptors (Lipinski definition) is 5. The molecular weight excluding hydrogens is 388 g/mol. The number of esters is 1. The molecule has 0 radical (unpaired) electrons. The van der Waals surface area contributed by atoms with Crippen LogP contribution in [-0.2, 0) is 16.1 Å². The van der Waals surface area contributed by atoms with E-state index >= 15 is 0 Å². The van der Waals surface area contributed by atoms with Crippen LogP contribution in [0.3, 0.4) is 0 Å². The van der Waals surface area contributed by atoms with Crippen molar-refractivity contribution in [2.45, 2.75) is 13.5 Å². The Balaban J connectivity index is 1.62. The fourth-order valence-electron chi connectivity index (χ4n) is 2.33. The van der Waals surface area contributed by atoms with Gasteiger partial charge in [0, 0.05) is 16.2 Å². The summed E-state index contributed by atoms with van der Waals surface area (Å²) in [5.74, 6) is 0.0232. The molecule has 128 valence electrons. The van der Waals surface area contributed by atoms with E-state index < -0.39 is 5.97 Å². The molecule has 2 heterocycles. The molecule has 0 unspecified atom stereocenters. The van der Waals surface area contributed by atoms with E-state index in [9.17, 15) is 9.59 Å². The highest BCUT2D eigenvalue weighted by Crippen LogP contribution is 2.17. The highest BCUT2D eigenvalue weighted by molar-refractivity contribution is 9.10. The lowest BCUT2D eigenvalue weighted by Crippen LogP contribution is -2.19. The van der Waals surface area contributed by atoms with Gasteiger partial charge in [0.1, 0.15) is 18.0 Å². The highest BCUT2D eigenvalue weighted by atomic mass is 79.9. The molecule has 0 N–H and O–H groups in total. The normalized spacial score (nSPS) is 10.6. The first-order valence-corrected chi connectivity index (χ1v) is 8.34. The van der Waals surface area contributed by atoms with E-state index in [1.54, 1.807) is 24.3 Å². The lowest BCUT2D eigenvalue weighted by Gasteiger charge is -2.08. The van der Waals surface area contributed by atoms with Gasteiger partial charge in [-0.15, -0.1) is 0 Å². The van der Waals surface area contributed by atoms with Gasteiger partial charge in [0.15, 0.2) is 6.61 Å². The minimum absolute atomic E-state index is 0.0830. The fourth-order valence-corrected chi connectivity index (χ4v) is 2.71. The predicted octanol–water partition coefficient (Wildman–Crippen LogP) is 2.89. The smallest absolute Gasteiger partial charge is 0.344 e. The molecule has 7 heteroatoms. The Morgan fingerprint density at radius 2 is 2.00 bits per heavy atom. The number of fused-ring (bicyclic) bond motifs is 1. The van der Waals surface area contributed by atoms with Gasteiger partial charge in [-0.3, -0.25) is 9.20 Å². The number of halogens is 1. The first-order valence-electron chi connectivity index (χ1n) is 7.55. The molecule has 0 spiro atoms. The van der Waals surface area contributed by atoms with Crippen molar-refractivity contribution < 1.29 is 14.3 Å². The molecule has 0 atom stereocenters. The summed E-state index contributed by atoms with van der Waals surface area (Å²) in [5.41, 5.74) is 1.50. The fraction of sp³-hybridized carbons (Fsp3) is 0.167. The van der Waals surface area contributed by atoms with Gasteiger partial charge >= 0.3 is 5.97 Å². The average molecular weight is 403 g/mol. The third kappa shape index (κ3) is 4.24. The third-order valence-electron chi connectivity index (χ3n) is 3.47. The molecule has 1 aromatic carbocycles. The maximum absolute atomic E-state index is 12.2. The molecule has 0 amide bonds. The van der Waals surface area contributed by atoms with Gasteiger partial charge in [-0.2, -0.15) is 0 Å². The monoisotopic (exact) mass is 402 g/mol. The van der Waals surface area contributed by atoms with Gasteiger partial charge in [-0.1, -0.05) is 28.1 Å². The standard InChI is InChI=1S/C18H15BrN2O4/c1-12-4-2-7-16-20-14(9-17(22)21(12)16)10-25-18(23)11-24-15-6-3-5-13(19)8-15/h2-9H,10-11H2,1H3. The van der Waals surface area contributed by atoms with E-state index in [0.717, 1.165) is 10.2 Å². The molecule has 0 aliphatic carbocycles. The van der Waals surface area contributed by atoms with E-state index in [2.05, 4.69) is 20.9 Å². The van der Waals surface area contributed by atoms with Crippen molar-refractivity contribution in [2.75, 3.05) is 6.61 Å². The van der Waals surface area contributed by atoms with Crippen LogP contribution in [-0.4, -0.2) is 22.0 Å². The number of carbonyl (C=O) groups excluding carboxylic acids is 1. The Labute approximate surface area is 152 Å². The van der Waals surface area contributed by atoms with Gasteiger partial charge in [0.25, 0.3) is 5.56 Å². The minimum Gasteiger partial charge on any atom is -0.482 e. The zero-order valence-electron chi connectivity index (χ0n) is 13.4. The van der Waals surface area contributed by atoms with Crippen LogP contribution in [0.25, 0.3) is 5.65 Å². The van der Waals surface area contributed by atoms with Crippen molar-refractivity contribution in [1.29, 1.82) is 0 Å². The Bertz CT molecular complexity index is 984. The molecule has 0 fully saturated rings. The number of aromatic nitrogens is 2. The summed E-state index contributed by atoms with van der Waals surface area (Å²) >= 11 is 3.33. The molecule has 0 saturated heterocycles. The maximum atomic E-state index is 12.2. The number of nitrogens with zero attached hydrogens (tertiary/aromatic N) is 2. The van der Waals surface area contributed by atoms with E-state index in [4.69, 9.17) is 9.47 Å². The Hall–Kier alpha value is -2.67. The Morgan fingerprint density at radius 3 is 2.80 bits per heavy atom. The summed E-state index contributed by atoms with van der Waals surface area (Å²) in [5, 5.41) is 0. The SMILES string of the molecule is Cc1cccc2nc(COC(=O)COc3cccc(Br)c3)cc(=O)n12. The first kappa shape index (κ1) is 17.2. The topological polar surface area (TPSA) is 69.9 Å². The van der Waals surface area contributed by atoms with E-state index in [0.29, 0.717) is 17.1 Å². The molecule has 3 aromatic rings. The molecular formula is C18H15BrN2O4. The van der Waals surface area contributed by atoms with Gasteiger partial charge in [0.2, 0.25) is 0 Å². The lowest BCUT2D eigenvalue weighted by molar-refractivity contribution is -0.147. The second kappa shape index (κ2) is 7.48. The van der Waals surface area contributed by atoms with E-state index in [-0.39, 0.29) is 18.8 Å². The van der Waals surface area contributed by atoms with Crippen LogP contribution in [0.4, 0.5) is 0 Å². The van der Waals surface area contributed by atoms with Crippen LogP contribution < -0.4 is 10.3 Å². The van der Waals surface area contributed by atoms with Crippen LogP contribution in [0.1, 0.15) is 11.4 Å². The second-order valence-electron chi connectivity index (χ2n) is 5.35. The van der Waals surface area contributed by atoms with Crippen LogP contribution in [0.15, 0.2) is 57.8 Å². The van der Waals surface area contributed by atoms with Crippen molar-refractivity contribution in [2.24, 2.45) is 0 Å². The lowest BCUT2D eigenvalue weighted by atomic mass is 10.3. The number of ether oxygens (including phenoxy) is 2. The Morgan fingerprint density at radius 1 is 1.20 bits per heavy atom. The summed E-state index contributed by atoms with van der Waals surface area (Å²) in [7, 11) is 0. The number of carbonyl (C=O) groups is 1. The zero-order valence-corrected chi connectivity index (χ0v) is 15.0. The van der Waals surface area contributed by atoms with Gasteiger partial charge in [0.05, 0.1) is 5.69 Å².